The molecule has 0 unspecified atom stereocenters. The molecule has 2 N–H and O–H groups in total. The minimum absolute atomic E-state index is 0.143. The highest BCUT2D eigenvalue weighted by Gasteiger charge is 2.30. The lowest BCUT2D eigenvalue weighted by Gasteiger charge is -2.32. The summed E-state index contributed by atoms with van der Waals surface area (Å²) < 4.78 is 0. The highest BCUT2D eigenvalue weighted by molar-refractivity contribution is 4.91. The molecule has 0 heterocycles. The Morgan fingerprint density at radius 3 is 2.00 bits per heavy atom. The van der Waals surface area contributed by atoms with Gasteiger partial charge in [0.25, 0.3) is 0 Å². The Labute approximate surface area is 88.8 Å². The van der Waals surface area contributed by atoms with Gasteiger partial charge in [0.05, 0.1) is 0 Å². The van der Waals surface area contributed by atoms with Gasteiger partial charge in [0.1, 0.15) is 0 Å². The van der Waals surface area contributed by atoms with Crippen LogP contribution < -0.4 is 5.73 Å². The summed E-state index contributed by atoms with van der Waals surface area (Å²) in [4.78, 5) is 2.55. The summed E-state index contributed by atoms with van der Waals surface area (Å²) in [6.45, 7) is 8.05. The average molecular weight is 198 g/mol. The third-order valence-electron chi connectivity index (χ3n) is 3.22. The molecule has 1 fully saturated rings. The van der Waals surface area contributed by atoms with Gasteiger partial charge in [-0.05, 0) is 38.8 Å². The van der Waals surface area contributed by atoms with Crippen molar-refractivity contribution in [2.45, 2.75) is 57.9 Å². The Bertz CT molecular complexity index is 144. The van der Waals surface area contributed by atoms with Gasteiger partial charge in [0.2, 0.25) is 0 Å². The summed E-state index contributed by atoms with van der Waals surface area (Å²) in [5, 5.41) is 0. The summed E-state index contributed by atoms with van der Waals surface area (Å²) in [6.07, 6.45) is 7.63. The average Bonchev–Trinajstić information content (AvgIpc) is 2.53. The van der Waals surface area contributed by atoms with E-state index < -0.39 is 0 Å². The second-order valence-corrected chi connectivity index (χ2v) is 4.85. The van der Waals surface area contributed by atoms with Crippen LogP contribution in [0, 0.1) is 0 Å². The first-order chi connectivity index (χ1) is 6.70. The van der Waals surface area contributed by atoms with Crippen LogP contribution in [0.2, 0.25) is 0 Å². The molecule has 0 aromatic carbocycles. The van der Waals surface area contributed by atoms with Crippen LogP contribution in [0.3, 0.4) is 0 Å². The molecule has 14 heavy (non-hydrogen) atoms. The minimum Gasteiger partial charge on any atom is -0.324 e. The third kappa shape index (κ3) is 3.58. The first kappa shape index (κ1) is 12.0. The molecular formula is C12H26N2. The van der Waals surface area contributed by atoms with E-state index >= 15 is 0 Å². The number of nitrogens with two attached hydrogens (primary N) is 1. The second-order valence-electron chi connectivity index (χ2n) is 4.85. The van der Waals surface area contributed by atoms with Crippen LogP contribution in [0.4, 0.5) is 0 Å². The predicted octanol–water partition coefficient (Wildman–Crippen LogP) is 2.38. The zero-order valence-electron chi connectivity index (χ0n) is 9.89. The topological polar surface area (TPSA) is 29.3 Å². The predicted molar refractivity (Wildman–Crippen MR) is 62.4 cm³/mol. The van der Waals surface area contributed by atoms with E-state index in [1.807, 2.05) is 0 Å². The zero-order valence-corrected chi connectivity index (χ0v) is 9.89. The summed E-state index contributed by atoms with van der Waals surface area (Å²) in [6, 6.07) is 0. The molecule has 0 amide bonds. The molecule has 0 aromatic rings. The van der Waals surface area contributed by atoms with Crippen LogP contribution in [0.15, 0.2) is 0 Å². The van der Waals surface area contributed by atoms with E-state index in [-0.39, 0.29) is 5.54 Å². The van der Waals surface area contributed by atoms with Crippen molar-refractivity contribution in [3.8, 4) is 0 Å². The Balaban J connectivity index is 2.36. The quantitative estimate of drug-likeness (QED) is 0.710. The van der Waals surface area contributed by atoms with Crippen LogP contribution in [0.1, 0.15) is 52.4 Å². The number of hydrogen-bond acceptors (Lipinski definition) is 2. The first-order valence-corrected chi connectivity index (χ1v) is 6.21. The molecule has 1 aliphatic carbocycles. The van der Waals surface area contributed by atoms with Gasteiger partial charge in [0, 0.05) is 12.1 Å². The van der Waals surface area contributed by atoms with Crippen molar-refractivity contribution in [3.63, 3.8) is 0 Å². The van der Waals surface area contributed by atoms with Crippen LogP contribution in [-0.2, 0) is 0 Å². The van der Waals surface area contributed by atoms with Gasteiger partial charge in [-0.25, -0.2) is 0 Å². The lowest BCUT2D eigenvalue weighted by Crippen LogP contribution is -2.48. The van der Waals surface area contributed by atoms with Crippen LogP contribution in [-0.4, -0.2) is 30.1 Å². The van der Waals surface area contributed by atoms with Crippen molar-refractivity contribution in [1.29, 1.82) is 0 Å². The SMILES string of the molecule is CCCN(CCC)CC1(N)CCCC1. The lowest BCUT2D eigenvalue weighted by molar-refractivity contribution is 0.209. The van der Waals surface area contributed by atoms with E-state index in [1.165, 1.54) is 51.6 Å². The van der Waals surface area contributed by atoms with Crippen molar-refractivity contribution in [1.82, 2.24) is 4.90 Å². The molecule has 1 saturated carbocycles. The summed E-state index contributed by atoms with van der Waals surface area (Å²) in [5.74, 6) is 0. The zero-order chi connectivity index (χ0) is 10.4. The van der Waals surface area contributed by atoms with Crippen molar-refractivity contribution < 1.29 is 0 Å². The van der Waals surface area contributed by atoms with Gasteiger partial charge in [0.15, 0.2) is 0 Å². The molecular weight excluding hydrogens is 172 g/mol. The van der Waals surface area contributed by atoms with Gasteiger partial charge < -0.3 is 10.6 Å². The van der Waals surface area contributed by atoms with E-state index in [0.29, 0.717) is 0 Å². The Morgan fingerprint density at radius 1 is 1.07 bits per heavy atom. The van der Waals surface area contributed by atoms with Gasteiger partial charge in [-0.1, -0.05) is 26.7 Å². The smallest absolute Gasteiger partial charge is 0.0283 e. The molecule has 0 spiro atoms. The van der Waals surface area contributed by atoms with Crippen LogP contribution in [0.5, 0.6) is 0 Å². The van der Waals surface area contributed by atoms with Crippen molar-refractivity contribution in [3.05, 3.63) is 0 Å². The Hall–Kier alpha value is -0.0800. The van der Waals surface area contributed by atoms with E-state index in [4.69, 9.17) is 5.73 Å². The maximum atomic E-state index is 6.38. The summed E-state index contributed by atoms with van der Waals surface area (Å²) in [7, 11) is 0. The van der Waals surface area contributed by atoms with Gasteiger partial charge >= 0.3 is 0 Å². The second kappa shape index (κ2) is 5.72. The molecule has 84 valence electrons. The van der Waals surface area contributed by atoms with Crippen molar-refractivity contribution in [2.75, 3.05) is 19.6 Å². The van der Waals surface area contributed by atoms with E-state index in [0.717, 1.165) is 6.54 Å². The fraction of sp³-hybridized carbons (Fsp3) is 1.00. The Kier molecular flexibility index (Phi) is 4.90. The maximum absolute atomic E-state index is 6.38. The van der Waals surface area contributed by atoms with Crippen molar-refractivity contribution in [2.24, 2.45) is 5.73 Å². The maximum Gasteiger partial charge on any atom is 0.0283 e. The fourth-order valence-electron chi connectivity index (χ4n) is 2.58. The first-order valence-electron chi connectivity index (χ1n) is 6.21. The molecule has 1 rings (SSSR count). The lowest BCUT2D eigenvalue weighted by atomic mass is 9.98. The third-order valence-corrected chi connectivity index (χ3v) is 3.22. The van der Waals surface area contributed by atoms with E-state index in [9.17, 15) is 0 Å². The van der Waals surface area contributed by atoms with E-state index in [1.54, 1.807) is 0 Å². The van der Waals surface area contributed by atoms with Crippen LogP contribution in [0.25, 0.3) is 0 Å². The van der Waals surface area contributed by atoms with Gasteiger partial charge in [-0.2, -0.15) is 0 Å². The monoisotopic (exact) mass is 198 g/mol. The molecule has 1 aliphatic rings. The van der Waals surface area contributed by atoms with Crippen LogP contribution >= 0.6 is 0 Å². The number of rotatable bonds is 6. The standard InChI is InChI=1S/C12H26N2/c1-3-9-14(10-4-2)11-12(13)7-5-6-8-12/h3-11,13H2,1-2H3. The molecule has 2 nitrogen and oxygen atoms in total. The molecule has 0 saturated heterocycles. The minimum atomic E-state index is 0.143. The molecule has 0 aliphatic heterocycles. The molecule has 0 atom stereocenters. The van der Waals surface area contributed by atoms with E-state index in [2.05, 4.69) is 18.7 Å². The van der Waals surface area contributed by atoms with Gasteiger partial charge in [-0.15, -0.1) is 0 Å². The normalized spacial score (nSPS) is 20.6. The largest absolute Gasteiger partial charge is 0.324 e. The van der Waals surface area contributed by atoms with Gasteiger partial charge in [-0.3, -0.25) is 0 Å². The molecule has 0 aromatic heterocycles. The molecule has 0 radical (unpaired) electrons. The fourth-order valence-corrected chi connectivity index (χ4v) is 2.58. The summed E-state index contributed by atoms with van der Waals surface area (Å²) >= 11 is 0. The number of nitrogens with zero attached hydrogens (tertiary/aromatic N) is 1. The highest BCUT2D eigenvalue weighted by Crippen LogP contribution is 2.27. The summed E-state index contributed by atoms with van der Waals surface area (Å²) in [5.41, 5.74) is 6.52. The van der Waals surface area contributed by atoms with Crippen molar-refractivity contribution >= 4 is 0 Å². The Morgan fingerprint density at radius 2 is 1.57 bits per heavy atom. The molecule has 0 bridgehead atoms. The number of hydrogen-bond donors (Lipinski definition) is 1. The highest BCUT2D eigenvalue weighted by atomic mass is 15.1. The molecule has 2 heteroatoms.